The highest BCUT2D eigenvalue weighted by molar-refractivity contribution is 7.06. The van der Waals surface area contributed by atoms with Gasteiger partial charge in [-0.15, -0.1) is 0 Å². The molecule has 1 aromatic rings. The zero-order valence-electron chi connectivity index (χ0n) is 28.9. The second-order valence-electron chi connectivity index (χ2n) is 13.2. The fraction of sp³-hybridized carbons (Fsp3) is 0.667. The molecule has 0 amide bonds. The summed E-state index contributed by atoms with van der Waals surface area (Å²) in [5.74, 6) is -0.217. The Morgan fingerprint density at radius 3 is 1.53 bits per heavy atom. The average Bonchev–Trinajstić information content (AvgIpc) is 3.35. The minimum absolute atomic E-state index is 0.0398. The molecule has 1 heterocycles. The van der Waals surface area contributed by atoms with Gasteiger partial charge in [-0.3, -0.25) is 4.79 Å². The van der Waals surface area contributed by atoms with Crippen molar-refractivity contribution >= 4 is 28.6 Å². The van der Waals surface area contributed by atoms with Crippen LogP contribution in [0.15, 0.2) is 40.9 Å². The van der Waals surface area contributed by atoms with Crippen LogP contribution in [0.4, 0.5) is 0 Å². The lowest BCUT2D eigenvalue weighted by atomic mass is 9.79. The Hall–Kier alpha value is -2.47. The number of aromatic nitrogens is 1. The lowest BCUT2D eigenvalue weighted by Crippen LogP contribution is -2.26. The molecule has 0 aromatic carbocycles. The predicted octanol–water partition coefficient (Wildman–Crippen LogP) is 11.2. The highest BCUT2D eigenvalue weighted by atomic mass is 32.1. The predicted molar refractivity (Wildman–Crippen MR) is 192 cm³/mol. The Morgan fingerprint density at radius 2 is 1.13 bits per heavy atom. The SMILES string of the molecule is CCCCCCCCCCCC[N+](CCCCCCCCCCCC)=C1C=C/C(=C2/C(=O)C(c3c(C)nsc3C)=C2O)C(O)=C1. The Morgan fingerprint density at radius 1 is 0.667 bits per heavy atom. The van der Waals surface area contributed by atoms with Gasteiger partial charge in [-0.05, 0) is 44.3 Å². The minimum Gasteiger partial charge on any atom is -0.507 e. The Labute approximate surface area is 278 Å². The minimum atomic E-state index is -0.227. The van der Waals surface area contributed by atoms with Crippen LogP contribution in [0.3, 0.4) is 0 Å². The standard InChI is InChI=1S/C39H60N2O3S/c1-5-7-9-11-13-15-17-19-21-23-27-41(28-24-22-20-18-16-14-12-10-8-6-2)32-25-26-33(34(42)29-32)36-38(43)37(39(36)44)35-30(3)40-45-31(35)4/h25-26,29H,5-24,27-28H2,1-4H3,(H,43,44)/p+1. The van der Waals surface area contributed by atoms with Crippen LogP contribution in [0.1, 0.15) is 158 Å². The van der Waals surface area contributed by atoms with Crippen LogP contribution in [0, 0.1) is 13.8 Å². The van der Waals surface area contributed by atoms with Crippen LogP contribution >= 0.6 is 11.5 Å². The first-order valence-electron chi connectivity index (χ1n) is 18.3. The smallest absolute Gasteiger partial charge is 0.203 e. The van der Waals surface area contributed by atoms with Crippen molar-refractivity contribution in [3.63, 3.8) is 0 Å². The van der Waals surface area contributed by atoms with E-state index in [1.54, 1.807) is 12.2 Å². The second kappa shape index (κ2) is 20.6. The van der Waals surface area contributed by atoms with Crippen LogP contribution in [0.25, 0.3) is 5.57 Å². The summed E-state index contributed by atoms with van der Waals surface area (Å²) < 4.78 is 6.75. The number of Topliss-reactive ketones (excluding diaryl/α,β-unsaturated/α-hetero) is 1. The number of allylic oxidation sites excluding steroid dienone is 5. The molecule has 3 rings (SSSR count). The fourth-order valence-electron chi connectivity index (χ4n) is 6.60. The van der Waals surface area contributed by atoms with Crippen LogP contribution < -0.4 is 0 Å². The van der Waals surface area contributed by atoms with Gasteiger partial charge in [0.15, 0.2) is 0 Å². The number of carbonyl (C=O) groups is 1. The molecule has 6 heteroatoms. The summed E-state index contributed by atoms with van der Waals surface area (Å²) in [6, 6.07) is 0. The van der Waals surface area contributed by atoms with Gasteiger partial charge in [-0.25, -0.2) is 4.58 Å². The largest absolute Gasteiger partial charge is 0.507 e. The third kappa shape index (κ3) is 11.4. The summed E-state index contributed by atoms with van der Waals surface area (Å²) in [5, 5.41) is 22.0. The summed E-state index contributed by atoms with van der Waals surface area (Å²) in [5.41, 5.74) is 3.40. The molecule has 0 fully saturated rings. The molecule has 0 unspecified atom stereocenters. The topological polar surface area (TPSA) is 73.4 Å². The van der Waals surface area contributed by atoms with Gasteiger partial charge < -0.3 is 10.2 Å². The maximum absolute atomic E-state index is 13.2. The third-order valence-electron chi connectivity index (χ3n) is 9.39. The Kier molecular flexibility index (Phi) is 16.9. The molecule has 5 nitrogen and oxygen atoms in total. The average molecular weight is 638 g/mol. The van der Waals surface area contributed by atoms with Gasteiger partial charge in [0.2, 0.25) is 11.5 Å². The number of carbonyl (C=O) groups excluding carboxylic acids is 1. The highest BCUT2D eigenvalue weighted by Crippen LogP contribution is 2.42. The molecular weight excluding hydrogens is 577 g/mol. The number of hydrogen-bond acceptors (Lipinski definition) is 5. The summed E-state index contributed by atoms with van der Waals surface area (Å²) in [4.78, 5) is 14.1. The van der Waals surface area contributed by atoms with Crippen LogP contribution in [-0.4, -0.2) is 43.7 Å². The van der Waals surface area contributed by atoms with E-state index in [1.807, 2.05) is 19.9 Å². The fourth-order valence-corrected chi connectivity index (χ4v) is 7.31. The molecule has 0 spiro atoms. The normalized spacial score (nSPS) is 16.5. The van der Waals surface area contributed by atoms with Gasteiger partial charge in [-0.2, -0.15) is 4.37 Å². The van der Waals surface area contributed by atoms with Crippen molar-refractivity contribution in [1.29, 1.82) is 0 Å². The number of hydrogen-bond donors (Lipinski definition) is 2. The molecule has 2 aliphatic rings. The molecule has 1 aromatic heterocycles. The summed E-state index contributed by atoms with van der Waals surface area (Å²) in [6.45, 7) is 10.3. The van der Waals surface area contributed by atoms with E-state index in [-0.39, 0.29) is 22.9 Å². The van der Waals surface area contributed by atoms with Gasteiger partial charge in [0.1, 0.15) is 24.6 Å². The van der Waals surface area contributed by atoms with Crippen molar-refractivity contribution in [3.05, 3.63) is 57.0 Å². The zero-order chi connectivity index (χ0) is 32.4. The number of nitrogens with zero attached hydrogens (tertiary/aromatic N) is 2. The van der Waals surface area contributed by atoms with Crippen LogP contribution in [-0.2, 0) is 4.79 Å². The molecule has 0 bridgehead atoms. The number of unbranched alkanes of at least 4 members (excludes halogenated alkanes) is 18. The van der Waals surface area contributed by atoms with Crippen LogP contribution in [0.5, 0.6) is 0 Å². The lowest BCUT2D eigenvalue weighted by Gasteiger charge is -2.24. The molecular formula is C39H61N2O3S+. The highest BCUT2D eigenvalue weighted by Gasteiger charge is 2.40. The summed E-state index contributed by atoms with van der Waals surface area (Å²) in [7, 11) is 0. The van der Waals surface area contributed by atoms with E-state index in [1.165, 1.54) is 127 Å². The van der Waals surface area contributed by atoms with Crippen molar-refractivity contribution in [1.82, 2.24) is 4.37 Å². The van der Waals surface area contributed by atoms with Gasteiger partial charge in [-0.1, -0.05) is 117 Å². The van der Waals surface area contributed by atoms with E-state index in [0.717, 1.165) is 47.8 Å². The molecule has 2 N–H and O–H groups in total. The number of aryl methyl sites for hydroxylation is 2. The van der Waals surface area contributed by atoms with E-state index in [9.17, 15) is 15.0 Å². The van der Waals surface area contributed by atoms with E-state index in [2.05, 4.69) is 22.8 Å². The molecule has 0 saturated heterocycles. The molecule has 0 atom stereocenters. The first-order valence-corrected chi connectivity index (χ1v) is 19.0. The number of ketones is 1. The van der Waals surface area contributed by atoms with E-state index in [4.69, 9.17) is 0 Å². The number of aliphatic hydroxyl groups is 2. The second-order valence-corrected chi connectivity index (χ2v) is 14.2. The Bertz CT molecular complexity index is 1200. The number of aliphatic hydroxyl groups excluding tert-OH is 2. The molecule has 250 valence electrons. The first kappa shape index (κ1) is 37.0. The van der Waals surface area contributed by atoms with Crippen molar-refractivity contribution in [2.75, 3.05) is 13.1 Å². The van der Waals surface area contributed by atoms with Gasteiger partial charge in [0.05, 0.1) is 22.9 Å². The van der Waals surface area contributed by atoms with Crippen molar-refractivity contribution in [3.8, 4) is 0 Å². The monoisotopic (exact) mass is 637 g/mol. The van der Waals surface area contributed by atoms with E-state index in [0.29, 0.717) is 11.1 Å². The van der Waals surface area contributed by atoms with Crippen molar-refractivity contribution in [2.45, 2.75) is 156 Å². The summed E-state index contributed by atoms with van der Waals surface area (Å²) in [6.07, 6.45) is 31.9. The maximum atomic E-state index is 13.2. The lowest BCUT2D eigenvalue weighted by molar-refractivity contribution is -0.527. The number of rotatable bonds is 23. The van der Waals surface area contributed by atoms with Crippen LogP contribution in [0.2, 0.25) is 0 Å². The Balaban J connectivity index is 1.60. The van der Waals surface area contributed by atoms with Crippen molar-refractivity contribution < 1.29 is 19.6 Å². The van der Waals surface area contributed by atoms with Crippen molar-refractivity contribution in [2.24, 2.45) is 0 Å². The molecule has 0 saturated carbocycles. The molecule has 0 radical (unpaired) electrons. The molecule has 45 heavy (non-hydrogen) atoms. The maximum Gasteiger partial charge on any atom is 0.203 e. The molecule has 2 aliphatic carbocycles. The third-order valence-corrected chi connectivity index (χ3v) is 10.2. The van der Waals surface area contributed by atoms with Gasteiger partial charge >= 0.3 is 0 Å². The van der Waals surface area contributed by atoms with E-state index < -0.39 is 0 Å². The zero-order valence-corrected chi connectivity index (χ0v) is 29.7. The first-order chi connectivity index (χ1) is 21.9. The molecule has 0 aliphatic heterocycles. The van der Waals surface area contributed by atoms with Gasteiger partial charge in [0.25, 0.3) is 0 Å². The van der Waals surface area contributed by atoms with Gasteiger partial charge in [0, 0.05) is 34.9 Å². The van der Waals surface area contributed by atoms with E-state index >= 15 is 0 Å². The summed E-state index contributed by atoms with van der Waals surface area (Å²) >= 11 is 1.34. The quantitative estimate of drug-likeness (QED) is 0.0711.